The van der Waals surface area contributed by atoms with E-state index in [1.165, 1.54) is 17.5 Å². The van der Waals surface area contributed by atoms with Gasteiger partial charge < -0.3 is 10.4 Å². The summed E-state index contributed by atoms with van der Waals surface area (Å²) in [5, 5.41) is 13.1. The normalized spacial score (nSPS) is 15.1. The fraction of sp³-hybridized carbons (Fsp3) is 0.333. The molecule has 1 aliphatic rings. The van der Waals surface area contributed by atoms with Crippen LogP contribution >= 0.6 is 0 Å². The third kappa shape index (κ3) is 4.76. The van der Waals surface area contributed by atoms with Crippen molar-refractivity contribution >= 4 is 21.6 Å². The van der Waals surface area contributed by atoms with Gasteiger partial charge in [-0.2, -0.15) is 0 Å². The Kier molecular flexibility index (Phi) is 6.62. The second-order valence-electron chi connectivity index (χ2n) is 8.56. The highest BCUT2D eigenvalue weighted by molar-refractivity contribution is 7.92. The fourth-order valence-corrected chi connectivity index (χ4v) is 5.61. The van der Waals surface area contributed by atoms with E-state index in [-0.39, 0.29) is 36.0 Å². The summed E-state index contributed by atoms with van der Waals surface area (Å²) in [6, 6.07) is 8.95. The van der Waals surface area contributed by atoms with Crippen LogP contribution in [0.15, 0.2) is 41.3 Å². The van der Waals surface area contributed by atoms with Crippen LogP contribution in [0.1, 0.15) is 40.0 Å². The minimum atomic E-state index is -3.56. The number of aromatic hydroxyl groups is 1. The number of hydrogen-bond acceptors (Lipinski definition) is 7. The standard InChI is InChI=1S/C24H27N5O5S/c1-15-8-9-17(13-16(15)2)14-26-23(31)20-21(30)24(32)28(3)22(27-20)19-18(7-6-10-25-19)29-11-4-5-12-35(29,33)34/h6-10,13,30H,4-5,11-12,14H2,1-3H3,(H,26,31). The van der Waals surface area contributed by atoms with Crippen LogP contribution in [0, 0.1) is 13.8 Å². The largest absolute Gasteiger partial charge is 0.501 e. The zero-order valence-corrected chi connectivity index (χ0v) is 20.6. The van der Waals surface area contributed by atoms with E-state index in [0.29, 0.717) is 12.8 Å². The summed E-state index contributed by atoms with van der Waals surface area (Å²) in [6.07, 6.45) is 2.70. The van der Waals surface area contributed by atoms with Gasteiger partial charge in [0.2, 0.25) is 15.8 Å². The number of hydrogen-bond donors (Lipinski definition) is 2. The summed E-state index contributed by atoms with van der Waals surface area (Å²) >= 11 is 0. The van der Waals surface area contributed by atoms with Gasteiger partial charge in [0, 0.05) is 26.3 Å². The van der Waals surface area contributed by atoms with E-state index in [4.69, 9.17) is 0 Å². The second-order valence-corrected chi connectivity index (χ2v) is 10.6. The van der Waals surface area contributed by atoms with Gasteiger partial charge >= 0.3 is 0 Å². The molecule has 0 radical (unpaired) electrons. The van der Waals surface area contributed by atoms with Gasteiger partial charge in [-0.1, -0.05) is 18.2 Å². The Morgan fingerprint density at radius 1 is 1.17 bits per heavy atom. The first-order chi connectivity index (χ1) is 16.6. The molecule has 0 unspecified atom stereocenters. The topological polar surface area (TPSA) is 134 Å². The molecular formula is C24H27N5O5S. The molecule has 0 aliphatic carbocycles. The Bertz CT molecular complexity index is 1470. The van der Waals surface area contributed by atoms with Crippen molar-refractivity contribution in [3.63, 3.8) is 0 Å². The molecule has 10 nitrogen and oxygen atoms in total. The monoisotopic (exact) mass is 497 g/mol. The third-order valence-electron chi connectivity index (χ3n) is 6.12. The van der Waals surface area contributed by atoms with Gasteiger partial charge in [0.1, 0.15) is 5.69 Å². The van der Waals surface area contributed by atoms with Crippen molar-refractivity contribution in [3.05, 3.63) is 69.3 Å². The highest BCUT2D eigenvalue weighted by Crippen LogP contribution is 2.31. The molecular weight excluding hydrogens is 470 g/mol. The van der Waals surface area contributed by atoms with E-state index in [1.54, 1.807) is 12.1 Å². The maximum atomic E-state index is 12.9. The maximum absolute atomic E-state index is 12.9. The molecule has 3 heterocycles. The molecule has 3 aromatic rings. The maximum Gasteiger partial charge on any atom is 0.296 e. The lowest BCUT2D eigenvalue weighted by atomic mass is 10.1. The van der Waals surface area contributed by atoms with Crippen LogP contribution < -0.4 is 15.2 Å². The number of anilines is 1. The van der Waals surface area contributed by atoms with Crippen LogP contribution in [0.2, 0.25) is 0 Å². The zero-order chi connectivity index (χ0) is 25.3. The number of aryl methyl sites for hydroxylation is 2. The molecule has 2 aromatic heterocycles. The number of pyridine rings is 1. The van der Waals surface area contributed by atoms with E-state index in [2.05, 4.69) is 15.3 Å². The van der Waals surface area contributed by atoms with Crippen LogP contribution in [0.25, 0.3) is 11.5 Å². The lowest BCUT2D eigenvalue weighted by Gasteiger charge is -2.29. The summed E-state index contributed by atoms with van der Waals surface area (Å²) in [6.45, 7) is 4.40. The molecule has 184 valence electrons. The molecule has 0 saturated carbocycles. The van der Waals surface area contributed by atoms with Crippen molar-refractivity contribution in [1.29, 1.82) is 0 Å². The summed E-state index contributed by atoms with van der Waals surface area (Å²) in [4.78, 5) is 34.3. The molecule has 0 atom stereocenters. The fourth-order valence-electron chi connectivity index (χ4n) is 3.97. The van der Waals surface area contributed by atoms with Crippen LogP contribution in [0.4, 0.5) is 5.69 Å². The van der Waals surface area contributed by atoms with Gasteiger partial charge in [0.05, 0.1) is 11.4 Å². The summed E-state index contributed by atoms with van der Waals surface area (Å²) < 4.78 is 27.7. The number of carbonyl (C=O) groups excluding carboxylic acids is 1. The molecule has 35 heavy (non-hydrogen) atoms. The minimum absolute atomic E-state index is 0.00934. The smallest absolute Gasteiger partial charge is 0.296 e. The number of rotatable bonds is 5. The predicted octanol–water partition coefficient (Wildman–Crippen LogP) is 2.02. The van der Waals surface area contributed by atoms with Crippen molar-refractivity contribution in [1.82, 2.24) is 19.9 Å². The number of benzene rings is 1. The SMILES string of the molecule is Cc1ccc(CNC(=O)c2nc(-c3ncccc3N3CCCCS3(=O)=O)n(C)c(=O)c2O)cc1C. The Balaban J connectivity index is 1.73. The number of carbonyl (C=O) groups is 1. The summed E-state index contributed by atoms with van der Waals surface area (Å²) in [5.74, 6) is -1.55. The highest BCUT2D eigenvalue weighted by Gasteiger charge is 2.30. The van der Waals surface area contributed by atoms with Gasteiger partial charge in [-0.15, -0.1) is 0 Å². The van der Waals surface area contributed by atoms with Gasteiger partial charge in [0.25, 0.3) is 11.5 Å². The van der Waals surface area contributed by atoms with Gasteiger partial charge in [-0.3, -0.25) is 23.4 Å². The van der Waals surface area contributed by atoms with Crippen molar-refractivity contribution < 1.29 is 18.3 Å². The lowest BCUT2D eigenvalue weighted by Crippen LogP contribution is -2.38. The van der Waals surface area contributed by atoms with Gasteiger partial charge in [0.15, 0.2) is 11.5 Å². The Morgan fingerprint density at radius 2 is 1.94 bits per heavy atom. The van der Waals surface area contributed by atoms with Crippen LogP contribution in [0.5, 0.6) is 5.75 Å². The molecule has 11 heteroatoms. The van der Waals surface area contributed by atoms with E-state index in [0.717, 1.165) is 21.3 Å². The highest BCUT2D eigenvalue weighted by atomic mass is 32.2. The zero-order valence-electron chi connectivity index (χ0n) is 19.8. The number of aromatic nitrogens is 3. The average Bonchev–Trinajstić information content (AvgIpc) is 2.83. The van der Waals surface area contributed by atoms with Crippen molar-refractivity contribution in [2.45, 2.75) is 33.2 Å². The first-order valence-corrected chi connectivity index (χ1v) is 12.8. The average molecular weight is 498 g/mol. The number of nitrogens with one attached hydrogen (secondary N) is 1. The molecule has 2 N–H and O–H groups in total. The van der Waals surface area contributed by atoms with E-state index in [1.807, 2.05) is 32.0 Å². The minimum Gasteiger partial charge on any atom is -0.501 e. The Labute approximate surface area is 203 Å². The predicted molar refractivity (Wildman–Crippen MR) is 132 cm³/mol. The van der Waals surface area contributed by atoms with Crippen LogP contribution in [-0.2, 0) is 23.6 Å². The molecule has 1 saturated heterocycles. The van der Waals surface area contributed by atoms with Crippen molar-refractivity contribution in [3.8, 4) is 17.3 Å². The van der Waals surface area contributed by atoms with Gasteiger partial charge in [-0.25, -0.2) is 13.4 Å². The van der Waals surface area contributed by atoms with E-state index in [9.17, 15) is 23.1 Å². The molecule has 4 rings (SSSR count). The second kappa shape index (κ2) is 9.49. The molecule has 1 fully saturated rings. The number of amides is 1. The quantitative estimate of drug-likeness (QED) is 0.551. The molecule has 0 bridgehead atoms. The molecule has 0 spiro atoms. The molecule has 1 amide bonds. The number of sulfonamides is 1. The summed E-state index contributed by atoms with van der Waals surface area (Å²) in [5.41, 5.74) is 2.14. The van der Waals surface area contributed by atoms with E-state index < -0.39 is 32.9 Å². The summed E-state index contributed by atoms with van der Waals surface area (Å²) in [7, 11) is -2.18. The Morgan fingerprint density at radius 3 is 2.66 bits per heavy atom. The van der Waals surface area contributed by atoms with Crippen molar-refractivity contribution in [2.75, 3.05) is 16.6 Å². The molecule has 1 aliphatic heterocycles. The Hall–Kier alpha value is -3.73. The first-order valence-electron chi connectivity index (χ1n) is 11.2. The van der Waals surface area contributed by atoms with Crippen LogP contribution in [-0.4, -0.2) is 46.3 Å². The van der Waals surface area contributed by atoms with Gasteiger partial charge in [-0.05, 0) is 55.5 Å². The molecule has 1 aromatic carbocycles. The van der Waals surface area contributed by atoms with Crippen molar-refractivity contribution in [2.24, 2.45) is 7.05 Å². The first kappa shape index (κ1) is 24.4. The third-order valence-corrected chi connectivity index (χ3v) is 7.98. The van der Waals surface area contributed by atoms with E-state index >= 15 is 0 Å². The lowest BCUT2D eigenvalue weighted by molar-refractivity contribution is 0.0942. The number of nitrogens with zero attached hydrogens (tertiary/aromatic N) is 4. The van der Waals surface area contributed by atoms with Crippen LogP contribution in [0.3, 0.4) is 0 Å².